The fraction of sp³-hybridized carbons (Fsp3) is 0.857. The monoisotopic (exact) mass is 169 g/mol. The Kier molecular flexibility index (Phi) is 2.30. The molecule has 1 aromatic heterocycles. The lowest BCUT2D eigenvalue weighted by molar-refractivity contribution is 0.503. The lowest BCUT2D eigenvalue weighted by Gasteiger charge is -2.33. The molecule has 0 fully saturated rings. The van der Waals surface area contributed by atoms with Crippen molar-refractivity contribution in [3.05, 3.63) is 0 Å². The molecule has 68 valence electrons. The summed E-state index contributed by atoms with van der Waals surface area (Å²) in [6.07, 6.45) is 0. The average molecular weight is 169 g/mol. The molecule has 0 saturated carbocycles. The summed E-state index contributed by atoms with van der Waals surface area (Å²) in [6, 6.07) is 0. The summed E-state index contributed by atoms with van der Waals surface area (Å²) in [7, 11) is 0. The molecule has 0 aromatic carbocycles. The largest absolute Gasteiger partial charge is 0.334 e. The molecule has 0 amide bonds. The van der Waals surface area contributed by atoms with E-state index in [0.717, 1.165) is 6.54 Å². The molecule has 1 rings (SSSR count). The minimum atomic E-state index is 0.0403. The first-order valence-electron chi connectivity index (χ1n) is 4.06. The maximum atomic E-state index is 3.93. The van der Waals surface area contributed by atoms with Crippen LogP contribution in [0.5, 0.6) is 0 Å². The van der Waals surface area contributed by atoms with Crippen LogP contribution in [0.1, 0.15) is 27.7 Å². The molecule has 0 aliphatic rings. The molecule has 5 heteroatoms. The number of H-pyrrole nitrogens is 1. The van der Waals surface area contributed by atoms with E-state index in [1.807, 2.05) is 0 Å². The van der Waals surface area contributed by atoms with Crippen molar-refractivity contribution < 1.29 is 0 Å². The molecule has 1 heterocycles. The van der Waals surface area contributed by atoms with E-state index in [2.05, 4.69) is 53.2 Å². The smallest absolute Gasteiger partial charge is 0.266 e. The Hall–Kier alpha value is -1.13. The summed E-state index contributed by atoms with van der Waals surface area (Å²) in [5.41, 5.74) is 0.0403. The SMILES string of the molecule is CCN(c1nn[nH]n1)C(C)(C)C. The van der Waals surface area contributed by atoms with Crippen LogP contribution in [0.25, 0.3) is 0 Å². The van der Waals surface area contributed by atoms with Crippen molar-refractivity contribution in [2.24, 2.45) is 0 Å². The Morgan fingerprint density at radius 2 is 2.08 bits per heavy atom. The third kappa shape index (κ3) is 1.72. The highest BCUT2D eigenvalue weighted by atomic mass is 15.5. The summed E-state index contributed by atoms with van der Waals surface area (Å²) < 4.78 is 0. The molecule has 0 saturated heterocycles. The van der Waals surface area contributed by atoms with Gasteiger partial charge in [0.15, 0.2) is 0 Å². The van der Waals surface area contributed by atoms with Crippen molar-refractivity contribution in [2.75, 3.05) is 11.4 Å². The van der Waals surface area contributed by atoms with Gasteiger partial charge in [0.1, 0.15) is 0 Å². The minimum absolute atomic E-state index is 0.0403. The van der Waals surface area contributed by atoms with Crippen molar-refractivity contribution in [3.8, 4) is 0 Å². The number of hydrogen-bond donors (Lipinski definition) is 1. The summed E-state index contributed by atoms with van der Waals surface area (Å²) in [6.45, 7) is 9.30. The van der Waals surface area contributed by atoms with Crippen LogP contribution in [0.2, 0.25) is 0 Å². The quantitative estimate of drug-likeness (QED) is 0.712. The number of anilines is 1. The lowest BCUT2D eigenvalue weighted by Crippen LogP contribution is -2.42. The maximum Gasteiger partial charge on any atom is 0.266 e. The number of aromatic amines is 1. The second-order valence-electron chi connectivity index (χ2n) is 3.63. The lowest BCUT2D eigenvalue weighted by atomic mass is 10.1. The third-order valence-corrected chi connectivity index (χ3v) is 1.70. The minimum Gasteiger partial charge on any atom is -0.334 e. The number of rotatable bonds is 2. The second-order valence-corrected chi connectivity index (χ2v) is 3.63. The van der Waals surface area contributed by atoms with Gasteiger partial charge in [0.2, 0.25) is 0 Å². The average Bonchev–Trinajstić information content (AvgIpc) is 2.38. The summed E-state index contributed by atoms with van der Waals surface area (Å²) >= 11 is 0. The zero-order valence-electron chi connectivity index (χ0n) is 8.00. The topological polar surface area (TPSA) is 57.7 Å². The molecule has 1 N–H and O–H groups in total. The number of nitrogens with one attached hydrogen (secondary N) is 1. The van der Waals surface area contributed by atoms with Gasteiger partial charge in [-0.3, -0.25) is 0 Å². The summed E-state index contributed by atoms with van der Waals surface area (Å²) in [4.78, 5) is 2.08. The molecule has 1 aromatic rings. The Balaban J connectivity index is 2.84. The zero-order valence-corrected chi connectivity index (χ0v) is 8.00. The van der Waals surface area contributed by atoms with Crippen LogP contribution in [0.4, 0.5) is 5.95 Å². The summed E-state index contributed by atoms with van der Waals surface area (Å²) in [5, 5.41) is 13.8. The van der Waals surface area contributed by atoms with E-state index in [-0.39, 0.29) is 5.54 Å². The zero-order chi connectivity index (χ0) is 9.19. The van der Waals surface area contributed by atoms with Crippen LogP contribution >= 0.6 is 0 Å². The van der Waals surface area contributed by atoms with Crippen LogP contribution < -0.4 is 4.90 Å². The standard InChI is InChI=1S/C7H15N5/c1-5-12(7(2,3)4)6-8-10-11-9-6/h5H2,1-4H3,(H,8,9,10,11). The molecule has 5 nitrogen and oxygen atoms in total. The number of tetrazole rings is 1. The first-order chi connectivity index (χ1) is 5.55. The molecular formula is C7H15N5. The normalized spacial score (nSPS) is 11.7. The molecule has 0 spiro atoms. The number of hydrogen-bond acceptors (Lipinski definition) is 4. The molecule has 0 aliphatic carbocycles. The number of aromatic nitrogens is 4. The van der Waals surface area contributed by atoms with E-state index in [0.29, 0.717) is 5.95 Å². The predicted molar refractivity (Wildman–Crippen MR) is 47.0 cm³/mol. The van der Waals surface area contributed by atoms with Crippen molar-refractivity contribution in [1.82, 2.24) is 20.6 Å². The van der Waals surface area contributed by atoms with E-state index in [1.54, 1.807) is 0 Å². The Morgan fingerprint density at radius 3 is 2.42 bits per heavy atom. The molecule has 0 radical (unpaired) electrons. The molecule has 0 unspecified atom stereocenters. The van der Waals surface area contributed by atoms with Gasteiger partial charge >= 0.3 is 0 Å². The predicted octanol–water partition coefficient (Wildman–Crippen LogP) is 0.824. The van der Waals surface area contributed by atoms with Gasteiger partial charge in [0, 0.05) is 12.1 Å². The third-order valence-electron chi connectivity index (χ3n) is 1.70. The molecule has 12 heavy (non-hydrogen) atoms. The molecule has 0 bridgehead atoms. The highest BCUT2D eigenvalue weighted by Gasteiger charge is 2.22. The van der Waals surface area contributed by atoms with Gasteiger partial charge in [0.25, 0.3) is 5.95 Å². The van der Waals surface area contributed by atoms with Crippen molar-refractivity contribution in [1.29, 1.82) is 0 Å². The Bertz CT molecular complexity index is 222. The Labute approximate surface area is 72.2 Å². The first-order valence-corrected chi connectivity index (χ1v) is 4.06. The van der Waals surface area contributed by atoms with Gasteiger partial charge in [-0.1, -0.05) is 5.10 Å². The van der Waals surface area contributed by atoms with Gasteiger partial charge in [-0.2, -0.15) is 5.21 Å². The van der Waals surface area contributed by atoms with Crippen LogP contribution in [0.3, 0.4) is 0 Å². The Morgan fingerprint density at radius 1 is 1.42 bits per heavy atom. The van der Waals surface area contributed by atoms with E-state index < -0.39 is 0 Å². The fourth-order valence-electron chi connectivity index (χ4n) is 1.19. The second kappa shape index (κ2) is 3.08. The molecule has 0 aliphatic heterocycles. The van der Waals surface area contributed by atoms with Crippen LogP contribution in [-0.2, 0) is 0 Å². The van der Waals surface area contributed by atoms with Gasteiger partial charge < -0.3 is 4.90 Å². The first kappa shape index (κ1) is 8.96. The fourth-order valence-corrected chi connectivity index (χ4v) is 1.19. The van der Waals surface area contributed by atoms with E-state index in [1.165, 1.54) is 0 Å². The van der Waals surface area contributed by atoms with Crippen molar-refractivity contribution in [3.63, 3.8) is 0 Å². The molecular weight excluding hydrogens is 154 g/mol. The van der Waals surface area contributed by atoms with Crippen molar-refractivity contribution in [2.45, 2.75) is 33.2 Å². The van der Waals surface area contributed by atoms with Gasteiger partial charge in [-0.15, -0.1) is 5.10 Å². The van der Waals surface area contributed by atoms with Gasteiger partial charge in [0.05, 0.1) is 0 Å². The van der Waals surface area contributed by atoms with Crippen LogP contribution in [-0.4, -0.2) is 32.7 Å². The van der Waals surface area contributed by atoms with E-state index in [9.17, 15) is 0 Å². The number of nitrogens with zero attached hydrogens (tertiary/aromatic N) is 4. The van der Waals surface area contributed by atoms with E-state index >= 15 is 0 Å². The maximum absolute atomic E-state index is 3.93. The van der Waals surface area contributed by atoms with Crippen LogP contribution in [0.15, 0.2) is 0 Å². The van der Waals surface area contributed by atoms with Gasteiger partial charge in [-0.05, 0) is 32.9 Å². The highest BCUT2D eigenvalue weighted by molar-refractivity contribution is 5.30. The van der Waals surface area contributed by atoms with E-state index in [4.69, 9.17) is 0 Å². The van der Waals surface area contributed by atoms with Crippen molar-refractivity contribution >= 4 is 5.95 Å². The molecule has 0 atom stereocenters. The van der Waals surface area contributed by atoms with Gasteiger partial charge in [-0.25, -0.2) is 0 Å². The highest BCUT2D eigenvalue weighted by Crippen LogP contribution is 2.17. The van der Waals surface area contributed by atoms with Crippen LogP contribution in [0, 0.1) is 0 Å². The summed E-state index contributed by atoms with van der Waals surface area (Å²) in [5.74, 6) is 0.657.